The number of hydrogen-bond donors (Lipinski definition) is 2. The number of aromatic amines is 1. The molecule has 0 fully saturated rings. The number of thiazole rings is 1. The average Bonchev–Trinajstić information content (AvgIpc) is 3.10. The summed E-state index contributed by atoms with van der Waals surface area (Å²) in [4.78, 5) is 16.4. The first kappa shape index (κ1) is 13.8. The Kier molecular flexibility index (Phi) is 3.96. The van der Waals surface area contributed by atoms with Gasteiger partial charge in [-0.05, 0) is 18.6 Å². The number of anilines is 1. The van der Waals surface area contributed by atoms with Crippen LogP contribution in [0.1, 0.15) is 24.0 Å². The zero-order valence-electron chi connectivity index (χ0n) is 11.7. The van der Waals surface area contributed by atoms with Crippen molar-refractivity contribution in [1.82, 2.24) is 15.2 Å². The van der Waals surface area contributed by atoms with Gasteiger partial charge in [-0.2, -0.15) is 5.10 Å². The number of aromatic nitrogens is 3. The van der Waals surface area contributed by atoms with Crippen LogP contribution in [0, 0.1) is 0 Å². The topological polar surface area (TPSA) is 70.7 Å². The van der Waals surface area contributed by atoms with Gasteiger partial charge in [0.25, 0.3) is 0 Å². The largest absolute Gasteiger partial charge is 0.309 e. The lowest BCUT2D eigenvalue weighted by Crippen LogP contribution is -2.12. The molecule has 5 nitrogen and oxygen atoms in total. The van der Waals surface area contributed by atoms with E-state index < -0.39 is 0 Å². The number of hydrogen-bond acceptors (Lipinski definition) is 4. The minimum atomic E-state index is -0.0385. The van der Waals surface area contributed by atoms with Crippen LogP contribution >= 0.6 is 11.3 Å². The number of benzene rings is 1. The highest BCUT2D eigenvalue weighted by Gasteiger charge is 2.08. The SMILES string of the molecule is CCc1cc(NC(=O)CCc2nc3ccccc3s2)n[nH]1. The molecule has 0 bridgehead atoms. The van der Waals surface area contributed by atoms with E-state index in [2.05, 4.69) is 20.5 Å². The predicted molar refractivity (Wildman–Crippen MR) is 84.5 cm³/mol. The van der Waals surface area contributed by atoms with E-state index in [1.807, 2.05) is 37.3 Å². The number of fused-ring (bicyclic) bond motifs is 1. The van der Waals surface area contributed by atoms with E-state index in [1.165, 1.54) is 0 Å². The van der Waals surface area contributed by atoms with Crippen LogP contribution in [0.2, 0.25) is 0 Å². The maximum Gasteiger partial charge on any atom is 0.225 e. The number of H-pyrrole nitrogens is 1. The van der Waals surface area contributed by atoms with Crippen LogP contribution in [-0.2, 0) is 17.6 Å². The second-order valence-electron chi connectivity index (χ2n) is 4.76. The molecule has 108 valence electrons. The van der Waals surface area contributed by atoms with Crippen molar-refractivity contribution < 1.29 is 4.79 Å². The molecular formula is C15H16N4OS. The molecule has 0 aliphatic heterocycles. The second kappa shape index (κ2) is 6.05. The lowest BCUT2D eigenvalue weighted by molar-refractivity contribution is -0.116. The van der Waals surface area contributed by atoms with Gasteiger partial charge < -0.3 is 5.32 Å². The van der Waals surface area contributed by atoms with Crippen molar-refractivity contribution in [2.45, 2.75) is 26.2 Å². The van der Waals surface area contributed by atoms with Crippen LogP contribution < -0.4 is 5.32 Å². The van der Waals surface area contributed by atoms with Gasteiger partial charge in [0.1, 0.15) is 0 Å². The Labute approximate surface area is 126 Å². The molecule has 2 N–H and O–H groups in total. The van der Waals surface area contributed by atoms with Crippen molar-refractivity contribution >= 4 is 33.3 Å². The highest BCUT2D eigenvalue weighted by atomic mass is 32.1. The summed E-state index contributed by atoms with van der Waals surface area (Å²) in [6.45, 7) is 2.03. The van der Waals surface area contributed by atoms with Gasteiger partial charge in [0.2, 0.25) is 5.91 Å². The molecule has 2 aromatic heterocycles. The van der Waals surface area contributed by atoms with E-state index in [1.54, 1.807) is 11.3 Å². The monoisotopic (exact) mass is 300 g/mol. The van der Waals surface area contributed by atoms with Crippen LogP contribution in [0.5, 0.6) is 0 Å². The Morgan fingerprint density at radius 2 is 2.24 bits per heavy atom. The van der Waals surface area contributed by atoms with E-state index in [-0.39, 0.29) is 5.91 Å². The lowest BCUT2D eigenvalue weighted by Gasteiger charge is -1.99. The van der Waals surface area contributed by atoms with Crippen LogP contribution in [0.15, 0.2) is 30.3 Å². The zero-order valence-corrected chi connectivity index (χ0v) is 12.5. The third kappa shape index (κ3) is 3.28. The van der Waals surface area contributed by atoms with Crippen LogP contribution in [0.25, 0.3) is 10.2 Å². The van der Waals surface area contributed by atoms with Gasteiger partial charge in [-0.3, -0.25) is 9.89 Å². The number of nitrogens with zero attached hydrogens (tertiary/aromatic N) is 2. The molecule has 1 amide bonds. The number of aryl methyl sites for hydroxylation is 2. The van der Waals surface area contributed by atoms with E-state index in [0.717, 1.165) is 27.3 Å². The van der Waals surface area contributed by atoms with Crippen LogP contribution in [0.3, 0.4) is 0 Å². The number of amides is 1. The fourth-order valence-corrected chi connectivity index (χ4v) is 3.03. The van der Waals surface area contributed by atoms with Crippen molar-refractivity contribution in [3.05, 3.63) is 41.0 Å². The maximum absolute atomic E-state index is 11.9. The molecule has 0 radical (unpaired) electrons. The first-order valence-electron chi connectivity index (χ1n) is 6.93. The number of carbonyl (C=O) groups excluding carboxylic acids is 1. The number of para-hydroxylation sites is 1. The van der Waals surface area contributed by atoms with Crippen molar-refractivity contribution in [2.75, 3.05) is 5.32 Å². The van der Waals surface area contributed by atoms with Crippen LogP contribution in [-0.4, -0.2) is 21.1 Å². The molecule has 0 aliphatic carbocycles. The molecule has 0 atom stereocenters. The number of rotatable bonds is 5. The standard InChI is InChI=1S/C15H16N4OS/c1-2-10-9-13(19-18-10)17-14(20)7-8-15-16-11-5-3-4-6-12(11)21-15/h3-6,9H,2,7-8H2,1H3,(H2,17,18,19,20). The Morgan fingerprint density at radius 3 is 3.00 bits per heavy atom. The fraction of sp³-hybridized carbons (Fsp3) is 0.267. The first-order chi connectivity index (χ1) is 10.2. The van der Waals surface area contributed by atoms with Gasteiger partial charge in [-0.25, -0.2) is 4.98 Å². The van der Waals surface area contributed by atoms with Gasteiger partial charge in [-0.1, -0.05) is 19.1 Å². The van der Waals surface area contributed by atoms with E-state index >= 15 is 0 Å². The Balaban J connectivity index is 1.57. The third-order valence-electron chi connectivity index (χ3n) is 3.18. The smallest absolute Gasteiger partial charge is 0.225 e. The summed E-state index contributed by atoms with van der Waals surface area (Å²) in [5.74, 6) is 0.546. The highest BCUT2D eigenvalue weighted by molar-refractivity contribution is 7.18. The van der Waals surface area contributed by atoms with Crippen molar-refractivity contribution in [3.8, 4) is 0 Å². The summed E-state index contributed by atoms with van der Waals surface area (Å²) in [5, 5.41) is 10.7. The van der Waals surface area contributed by atoms with Gasteiger partial charge in [0.15, 0.2) is 5.82 Å². The molecule has 6 heteroatoms. The Hall–Kier alpha value is -2.21. The van der Waals surface area contributed by atoms with Gasteiger partial charge in [0, 0.05) is 24.6 Å². The second-order valence-corrected chi connectivity index (χ2v) is 5.87. The minimum Gasteiger partial charge on any atom is -0.309 e. The molecule has 0 saturated heterocycles. The molecule has 0 aliphatic rings. The summed E-state index contributed by atoms with van der Waals surface area (Å²) in [6.07, 6.45) is 1.93. The molecule has 1 aromatic carbocycles. The van der Waals surface area contributed by atoms with Crippen LogP contribution in [0.4, 0.5) is 5.82 Å². The average molecular weight is 300 g/mol. The van der Waals surface area contributed by atoms with Gasteiger partial charge >= 0.3 is 0 Å². The molecular weight excluding hydrogens is 284 g/mol. The maximum atomic E-state index is 11.9. The number of nitrogens with one attached hydrogen (secondary N) is 2. The Morgan fingerprint density at radius 1 is 1.38 bits per heavy atom. The first-order valence-corrected chi connectivity index (χ1v) is 7.75. The molecule has 3 rings (SSSR count). The summed E-state index contributed by atoms with van der Waals surface area (Å²) in [5.41, 5.74) is 2.01. The predicted octanol–water partition coefficient (Wildman–Crippen LogP) is 3.15. The summed E-state index contributed by atoms with van der Waals surface area (Å²) in [7, 11) is 0. The molecule has 2 heterocycles. The van der Waals surface area contributed by atoms with Gasteiger partial charge in [-0.15, -0.1) is 11.3 Å². The lowest BCUT2D eigenvalue weighted by atomic mass is 10.3. The zero-order chi connectivity index (χ0) is 14.7. The normalized spacial score (nSPS) is 10.9. The van der Waals surface area contributed by atoms with Crippen molar-refractivity contribution in [2.24, 2.45) is 0 Å². The summed E-state index contributed by atoms with van der Waals surface area (Å²) >= 11 is 1.64. The quantitative estimate of drug-likeness (QED) is 0.760. The number of carbonyl (C=O) groups is 1. The summed E-state index contributed by atoms with van der Waals surface area (Å²) in [6, 6.07) is 9.87. The summed E-state index contributed by atoms with van der Waals surface area (Å²) < 4.78 is 1.16. The van der Waals surface area contributed by atoms with E-state index in [4.69, 9.17) is 0 Å². The molecule has 0 saturated carbocycles. The Bertz CT molecular complexity index is 729. The molecule has 21 heavy (non-hydrogen) atoms. The highest BCUT2D eigenvalue weighted by Crippen LogP contribution is 2.22. The van der Waals surface area contributed by atoms with E-state index in [9.17, 15) is 4.79 Å². The third-order valence-corrected chi connectivity index (χ3v) is 4.28. The van der Waals surface area contributed by atoms with Crippen molar-refractivity contribution in [1.29, 1.82) is 0 Å². The molecule has 0 unspecified atom stereocenters. The molecule has 3 aromatic rings. The van der Waals surface area contributed by atoms with Gasteiger partial charge in [0.05, 0.1) is 15.2 Å². The minimum absolute atomic E-state index is 0.0385. The van der Waals surface area contributed by atoms with E-state index in [0.29, 0.717) is 18.7 Å². The van der Waals surface area contributed by atoms with Crippen molar-refractivity contribution in [3.63, 3.8) is 0 Å². The fourth-order valence-electron chi connectivity index (χ4n) is 2.06. The molecule has 0 spiro atoms.